The molecule has 0 spiro atoms. The monoisotopic (exact) mass is 409 g/mol. The first-order chi connectivity index (χ1) is 13.3. The topological polar surface area (TPSA) is 35.6 Å². The predicted octanol–water partition coefficient (Wildman–Crippen LogP) is 4.81. The second kappa shape index (κ2) is 6.88. The minimum atomic E-state index is -4.91. The number of piperidine rings is 1. The van der Waals surface area contributed by atoms with Crippen LogP contribution in [0.5, 0.6) is 0 Å². The fraction of sp³-hybridized carbons (Fsp3) is 0.350. The molecular formula is C20H19ClF3N3O. The Morgan fingerprint density at radius 3 is 2.64 bits per heavy atom. The first-order valence-electron chi connectivity index (χ1n) is 9.04. The summed E-state index contributed by atoms with van der Waals surface area (Å²) in [4.78, 5) is 15.8. The zero-order chi connectivity index (χ0) is 20.1. The van der Waals surface area contributed by atoms with Crippen molar-refractivity contribution in [1.29, 1.82) is 0 Å². The highest BCUT2D eigenvalue weighted by atomic mass is 35.5. The van der Waals surface area contributed by atoms with Crippen molar-refractivity contribution in [1.82, 2.24) is 5.32 Å². The summed E-state index contributed by atoms with van der Waals surface area (Å²) in [5.74, 6) is -1.90. The molecule has 0 bridgehead atoms. The zero-order valence-electron chi connectivity index (χ0n) is 15.1. The fourth-order valence-electron chi connectivity index (χ4n) is 4.24. The third-order valence-electron chi connectivity index (χ3n) is 5.43. The summed E-state index contributed by atoms with van der Waals surface area (Å²) < 4.78 is 38.7. The lowest BCUT2D eigenvalue weighted by Gasteiger charge is -2.43. The molecule has 0 radical (unpaired) electrons. The number of para-hydroxylation sites is 1. The molecule has 2 aromatic rings. The van der Waals surface area contributed by atoms with Gasteiger partial charge in [0.1, 0.15) is 0 Å². The summed E-state index contributed by atoms with van der Waals surface area (Å²) >= 11 is 6.24. The molecule has 8 heteroatoms. The molecule has 1 saturated heterocycles. The van der Waals surface area contributed by atoms with E-state index in [0.717, 1.165) is 22.6 Å². The molecule has 4 nitrogen and oxygen atoms in total. The van der Waals surface area contributed by atoms with Crippen LogP contribution in [0.4, 0.5) is 30.2 Å². The van der Waals surface area contributed by atoms with Crippen molar-refractivity contribution < 1.29 is 18.0 Å². The van der Waals surface area contributed by atoms with Gasteiger partial charge in [0.05, 0.1) is 23.5 Å². The number of alkyl halides is 3. The van der Waals surface area contributed by atoms with Gasteiger partial charge in [-0.3, -0.25) is 4.79 Å². The van der Waals surface area contributed by atoms with Crippen LogP contribution < -0.4 is 15.1 Å². The summed E-state index contributed by atoms with van der Waals surface area (Å²) in [5, 5.41) is 2.78. The van der Waals surface area contributed by atoms with Gasteiger partial charge in [0.2, 0.25) is 0 Å². The Morgan fingerprint density at radius 1 is 1.14 bits per heavy atom. The Morgan fingerprint density at radius 2 is 1.89 bits per heavy atom. The molecule has 1 amide bonds. The molecular weight excluding hydrogens is 391 g/mol. The van der Waals surface area contributed by atoms with Gasteiger partial charge < -0.3 is 15.1 Å². The Bertz CT molecular complexity index is 918. The summed E-state index contributed by atoms with van der Waals surface area (Å²) in [6.45, 7) is 0.665. The van der Waals surface area contributed by atoms with Crippen LogP contribution in [0.2, 0.25) is 5.02 Å². The molecule has 2 aliphatic rings. The number of carbonyl (C=O) groups excluding carboxylic acids is 1. The van der Waals surface area contributed by atoms with E-state index in [1.165, 1.54) is 0 Å². The van der Waals surface area contributed by atoms with Crippen molar-refractivity contribution in [2.24, 2.45) is 0 Å². The molecule has 1 fully saturated rings. The largest absolute Gasteiger partial charge is 0.471 e. The van der Waals surface area contributed by atoms with E-state index in [1.807, 2.05) is 48.3 Å². The number of fused-ring (bicyclic) bond motifs is 5. The number of hydrogen-bond donors (Lipinski definition) is 1. The van der Waals surface area contributed by atoms with Gasteiger partial charge in [-0.1, -0.05) is 29.8 Å². The van der Waals surface area contributed by atoms with Crippen molar-refractivity contribution in [3.8, 4) is 0 Å². The second-order valence-electron chi connectivity index (χ2n) is 7.11. The Hall–Kier alpha value is -2.41. The highest BCUT2D eigenvalue weighted by Gasteiger charge is 2.44. The highest BCUT2D eigenvalue weighted by molar-refractivity contribution is 6.31. The molecule has 4 rings (SSSR count). The summed E-state index contributed by atoms with van der Waals surface area (Å²) in [6, 6.07) is 12.1. The summed E-state index contributed by atoms with van der Waals surface area (Å²) in [6.07, 6.45) is -3.78. The lowest BCUT2D eigenvalue weighted by molar-refractivity contribution is -0.174. The SMILES string of the molecule is CN1c2ccccc2C2C(NC(=O)C(F)(F)F)CCCN2c2cc(Cl)ccc21. The number of amides is 1. The van der Waals surface area contributed by atoms with Gasteiger partial charge in [0, 0.05) is 29.9 Å². The maximum Gasteiger partial charge on any atom is 0.471 e. The van der Waals surface area contributed by atoms with Gasteiger partial charge in [-0.15, -0.1) is 0 Å². The van der Waals surface area contributed by atoms with Crippen molar-refractivity contribution in [2.45, 2.75) is 31.1 Å². The van der Waals surface area contributed by atoms with Crippen LogP contribution >= 0.6 is 11.6 Å². The molecule has 2 unspecified atom stereocenters. The van der Waals surface area contributed by atoms with E-state index in [9.17, 15) is 18.0 Å². The summed E-state index contributed by atoms with van der Waals surface area (Å²) in [7, 11) is 1.92. The van der Waals surface area contributed by atoms with Crippen LogP contribution in [0.25, 0.3) is 0 Å². The number of nitrogens with one attached hydrogen (secondary N) is 1. The van der Waals surface area contributed by atoms with Gasteiger partial charge in [-0.05, 0) is 37.1 Å². The normalized spacial score (nSPS) is 21.3. The van der Waals surface area contributed by atoms with E-state index in [4.69, 9.17) is 11.6 Å². The molecule has 0 saturated carbocycles. The average Bonchev–Trinajstić information content (AvgIpc) is 2.76. The van der Waals surface area contributed by atoms with E-state index in [1.54, 1.807) is 6.07 Å². The number of rotatable bonds is 1. The van der Waals surface area contributed by atoms with Gasteiger partial charge in [-0.2, -0.15) is 13.2 Å². The van der Waals surface area contributed by atoms with Crippen LogP contribution in [0, 0.1) is 0 Å². The zero-order valence-corrected chi connectivity index (χ0v) is 15.9. The number of anilines is 3. The molecule has 2 aromatic carbocycles. The van der Waals surface area contributed by atoms with Gasteiger partial charge in [-0.25, -0.2) is 0 Å². The number of hydrogen-bond acceptors (Lipinski definition) is 3. The van der Waals surface area contributed by atoms with Crippen LogP contribution in [-0.2, 0) is 4.79 Å². The Kier molecular flexibility index (Phi) is 4.65. The minimum Gasteiger partial charge on any atom is -0.361 e. The van der Waals surface area contributed by atoms with Gasteiger partial charge >= 0.3 is 12.1 Å². The Labute approximate surface area is 165 Å². The fourth-order valence-corrected chi connectivity index (χ4v) is 4.40. The molecule has 0 aromatic heterocycles. The molecule has 148 valence electrons. The van der Waals surface area contributed by atoms with Crippen LogP contribution in [0.3, 0.4) is 0 Å². The number of carbonyl (C=O) groups is 1. The standard InChI is InChI=1S/C20H19ClF3N3O/c1-26-15-7-3-2-5-13(15)18-14(25-19(28)20(22,23)24)6-4-10-27(18)17-11-12(21)8-9-16(17)26/h2-3,5,7-9,11,14,18H,4,6,10H2,1H3,(H,25,28). The summed E-state index contributed by atoms with van der Waals surface area (Å²) in [5.41, 5.74) is 3.54. The number of halogens is 4. The first-order valence-corrected chi connectivity index (χ1v) is 9.41. The van der Waals surface area contributed by atoms with E-state index in [0.29, 0.717) is 24.4 Å². The molecule has 2 aliphatic heterocycles. The van der Waals surface area contributed by atoms with E-state index >= 15 is 0 Å². The number of nitrogens with zero attached hydrogens (tertiary/aromatic N) is 2. The van der Waals surface area contributed by atoms with Crippen LogP contribution in [0.15, 0.2) is 42.5 Å². The minimum absolute atomic E-state index is 0.418. The van der Waals surface area contributed by atoms with E-state index in [2.05, 4.69) is 10.2 Å². The molecule has 2 atom stereocenters. The van der Waals surface area contributed by atoms with Crippen LogP contribution in [-0.4, -0.2) is 31.7 Å². The van der Waals surface area contributed by atoms with Gasteiger partial charge in [0.25, 0.3) is 0 Å². The lowest BCUT2D eigenvalue weighted by atomic mass is 9.89. The molecule has 2 heterocycles. The Balaban J connectivity index is 1.85. The smallest absolute Gasteiger partial charge is 0.361 e. The average molecular weight is 410 g/mol. The highest BCUT2D eigenvalue weighted by Crippen LogP contribution is 2.48. The quantitative estimate of drug-likeness (QED) is 0.734. The molecule has 1 N–H and O–H groups in total. The van der Waals surface area contributed by atoms with Gasteiger partial charge in [0.15, 0.2) is 0 Å². The third-order valence-corrected chi connectivity index (χ3v) is 5.67. The van der Waals surface area contributed by atoms with Crippen molar-refractivity contribution in [3.63, 3.8) is 0 Å². The predicted molar refractivity (Wildman–Crippen MR) is 103 cm³/mol. The maximum absolute atomic E-state index is 12.9. The number of benzene rings is 2. The molecule has 28 heavy (non-hydrogen) atoms. The maximum atomic E-state index is 12.9. The van der Waals surface area contributed by atoms with Crippen molar-refractivity contribution in [3.05, 3.63) is 53.1 Å². The van der Waals surface area contributed by atoms with Crippen LogP contribution in [0.1, 0.15) is 24.4 Å². The molecule has 0 aliphatic carbocycles. The second-order valence-corrected chi connectivity index (χ2v) is 7.55. The van der Waals surface area contributed by atoms with Crippen molar-refractivity contribution in [2.75, 3.05) is 23.4 Å². The van der Waals surface area contributed by atoms with E-state index < -0.39 is 24.2 Å². The first kappa shape index (κ1) is 18.9. The van der Waals surface area contributed by atoms with E-state index in [-0.39, 0.29) is 0 Å². The third kappa shape index (κ3) is 3.17. The van der Waals surface area contributed by atoms with Crippen molar-refractivity contribution >= 4 is 34.6 Å². The lowest BCUT2D eigenvalue weighted by Crippen LogP contribution is -2.52.